The molecule has 0 aliphatic heterocycles. The second-order valence-electron chi connectivity index (χ2n) is 4.71. The van der Waals surface area contributed by atoms with E-state index in [1.54, 1.807) is 6.20 Å². The molecule has 1 aliphatic carbocycles. The third-order valence-electron chi connectivity index (χ3n) is 3.31. The van der Waals surface area contributed by atoms with Crippen LogP contribution < -0.4 is 0 Å². The monoisotopic (exact) mass is 283 g/mol. The number of aromatic nitrogens is 1. The van der Waals surface area contributed by atoms with Crippen molar-refractivity contribution < 1.29 is 5.11 Å². The SMILES string of the molecule is OC(Cc1ccc(Br)cn1)CC1CCCC1. The smallest absolute Gasteiger partial charge is 0.0598 e. The van der Waals surface area contributed by atoms with Crippen LogP contribution in [0.3, 0.4) is 0 Å². The van der Waals surface area contributed by atoms with Crippen LogP contribution in [0.4, 0.5) is 0 Å². The molecule has 0 amide bonds. The molecule has 0 radical (unpaired) electrons. The Morgan fingerprint density at radius 2 is 2.12 bits per heavy atom. The average molecular weight is 284 g/mol. The maximum Gasteiger partial charge on any atom is 0.0598 e. The van der Waals surface area contributed by atoms with Crippen molar-refractivity contribution in [1.82, 2.24) is 4.98 Å². The van der Waals surface area contributed by atoms with Crippen LogP contribution in [0.1, 0.15) is 37.8 Å². The van der Waals surface area contributed by atoms with Gasteiger partial charge < -0.3 is 5.11 Å². The lowest BCUT2D eigenvalue weighted by Gasteiger charge is -2.14. The van der Waals surface area contributed by atoms with Crippen LogP contribution in [0, 0.1) is 5.92 Å². The Kier molecular flexibility index (Phi) is 4.36. The van der Waals surface area contributed by atoms with Gasteiger partial charge in [0.1, 0.15) is 0 Å². The van der Waals surface area contributed by atoms with Gasteiger partial charge in [0.2, 0.25) is 0 Å². The number of pyridine rings is 1. The van der Waals surface area contributed by atoms with E-state index in [2.05, 4.69) is 20.9 Å². The van der Waals surface area contributed by atoms with Gasteiger partial charge in [0.15, 0.2) is 0 Å². The Morgan fingerprint density at radius 1 is 1.38 bits per heavy atom. The first-order valence-electron chi connectivity index (χ1n) is 6.02. The molecule has 1 aromatic rings. The molecular weight excluding hydrogens is 266 g/mol. The van der Waals surface area contributed by atoms with Gasteiger partial charge in [0.05, 0.1) is 6.10 Å². The minimum atomic E-state index is -0.225. The molecule has 1 N–H and O–H groups in total. The fourth-order valence-corrected chi connectivity index (χ4v) is 2.72. The Morgan fingerprint density at radius 3 is 2.75 bits per heavy atom. The van der Waals surface area contributed by atoms with Gasteiger partial charge in [-0.15, -0.1) is 0 Å². The van der Waals surface area contributed by atoms with Gasteiger partial charge in [-0.1, -0.05) is 25.7 Å². The van der Waals surface area contributed by atoms with Gasteiger partial charge in [-0.25, -0.2) is 0 Å². The average Bonchev–Trinajstić information content (AvgIpc) is 2.74. The Labute approximate surface area is 105 Å². The van der Waals surface area contributed by atoms with Crippen LogP contribution >= 0.6 is 15.9 Å². The van der Waals surface area contributed by atoms with Gasteiger partial charge in [0.25, 0.3) is 0 Å². The third-order valence-corrected chi connectivity index (χ3v) is 3.78. The summed E-state index contributed by atoms with van der Waals surface area (Å²) in [6, 6.07) is 3.95. The lowest BCUT2D eigenvalue weighted by Crippen LogP contribution is -2.15. The van der Waals surface area contributed by atoms with E-state index in [9.17, 15) is 5.11 Å². The fraction of sp³-hybridized carbons (Fsp3) is 0.615. The van der Waals surface area contributed by atoms with Crippen molar-refractivity contribution in [1.29, 1.82) is 0 Å². The molecule has 1 atom stereocenters. The zero-order valence-corrected chi connectivity index (χ0v) is 11.0. The van der Waals surface area contributed by atoms with Crippen molar-refractivity contribution in [2.45, 2.75) is 44.6 Å². The lowest BCUT2D eigenvalue weighted by molar-refractivity contribution is 0.142. The minimum absolute atomic E-state index is 0.225. The standard InChI is InChI=1S/C13H18BrNO/c14-11-5-6-12(15-9-11)8-13(16)7-10-3-1-2-4-10/h5-6,9-10,13,16H,1-4,7-8H2. The van der Waals surface area contributed by atoms with Gasteiger partial charge in [0, 0.05) is 22.8 Å². The molecule has 88 valence electrons. The summed E-state index contributed by atoms with van der Waals surface area (Å²) >= 11 is 3.36. The highest BCUT2D eigenvalue weighted by Crippen LogP contribution is 2.29. The van der Waals surface area contributed by atoms with Crippen molar-refractivity contribution in [2.24, 2.45) is 5.92 Å². The topological polar surface area (TPSA) is 33.1 Å². The zero-order chi connectivity index (χ0) is 11.4. The summed E-state index contributed by atoms with van der Waals surface area (Å²) in [6.45, 7) is 0. The first-order valence-corrected chi connectivity index (χ1v) is 6.82. The first-order chi connectivity index (χ1) is 7.74. The molecule has 3 heteroatoms. The largest absolute Gasteiger partial charge is 0.393 e. The van der Waals surface area contributed by atoms with Crippen LogP contribution in [0.2, 0.25) is 0 Å². The van der Waals surface area contributed by atoms with Gasteiger partial charge >= 0.3 is 0 Å². The number of hydrogen-bond donors (Lipinski definition) is 1. The first kappa shape index (κ1) is 12.1. The predicted molar refractivity (Wildman–Crippen MR) is 68.2 cm³/mol. The molecule has 1 aliphatic rings. The van der Waals surface area contributed by atoms with Gasteiger partial charge in [-0.05, 0) is 40.4 Å². The summed E-state index contributed by atoms with van der Waals surface area (Å²) in [5, 5.41) is 9.98. The number of aliphatic hydroxyl groups excluding tert-OH is 1. The number of halogens is 1. The summed E-state index contributed by atoms with van der Waals surface area (Å²) in [4.78, 5) is 4.29. The summed E-state index contributed by atoms with van der Waals surface area (Å²) in [7, 11) is 0. The van der Waals surface area contributed by atoms with Gasteiger partial charge in [-0.3, -0.25) is 4.98 Å². The highest BCUT2D eigenvalue weighted by atomic mass is 79.9. The Balaban J connectivity index is 1.81. The van der Waals surface area contributed by atoms with Crippen LogP contribution in [0.15, 0.2) is 22.8 Å². The molecule has 0 spiro atoms. The van der Waals surface area contributed by atoms with E-state index in [-0.39, 0.29) is 6.10 Å². The van der Waals surface area contributed by atoms with Crippen molar-refractivity contribution in [3.8, 4) is 0 Å². The maximum absolute atomic E-state index is 9.98. The molecule has 1 aromatic heterocycles. The van der Waals surface area contributed by atoms with E-state index in [4.69, 9.17) is 0 Å². The van der Waals surface area contributed by atoms with Crippen LogP contribution in [0.25, 0.3) is 0 Å². The van der Waals surface area contributed by atoms with Crippen molar-refractivity contribution in [3.05, 3.63) is 28.5 Å². The third kappa shape index (κ3) is 3.56. The molecule has 1 fully saturated rings. The molecule has 1 unspecified atom stereocenters. The molecule has 0 aromatic carbocycles. The number of aliphatic hydroxyl groups is 1. The lowest BCUT2D eigenvalue weighted by atomic mass is 9.97. The van der Waals surface area contributed by atoms with E-state index in [0.717, 1.165) is 22.5 Å². The molecule has 2 nitrogen and oxygen atoms in total. The summed E-state index contributed by atoms with van der Waals surface area (Å²) in [5.41, 5.74) is 0.980. The molecule has 0 saturated heterocycles. The molecular formula is C13H18BrNO. The van der Waals surface area contributed by atoms with E-state index in [1.165, 1.54) is 25.7 Å². The van der Waals surface area contributed by atoms with Crippen molar-refractivity contribution >= 4 is 15.9 Å². The zero-order valence-electron chi connectivity index (χ0n) is 9.40. The second kappa shape index (κ2) is 5.78. The van der Waals surface area contributed by atoms with Crippen LogP contribution in [-0.2, 0) is 6.42 Å². The van der Waals surface area contributed by atoms with E-state index in [0.29, 0.717) is 6.42 Å². The normalized spacial score (nSPS) is 18.9. The van der Waals surface area contributed by atoms with Gasteiger partial charge in [-0.2, -0.15) is 0 Å². The highest BCUT2D eigenvalue weighted by molar-refractivity contribution is 9.10. The van der Waals surface area contributed by atoms with E-state index < -0.39 is 0 Å². The maximum atomic E-state index is 9.98. The fourth-order valence-electron chi connectivity index (χ4n) is 2.48. The molecule has 2 rings (SSSR count). The van der Waals surface area contributed by atoms with Crippen LogP contribution in [-0.4, -0.2) is 16.2 Å². The second-order valence-corrected chi connectivity index (χ2v) is 5.63. The Hall–Kier alpha value is -0.410. The summed E-state index contributed by atoms with van der Waals surface area (Å²) in [6.07, 6.45) is 8.47. The molecule has 1 heterocycles. The van der Waals surface area contributed by atoms with Crippen molar-refractivity contribution in [2.75, 3.05) is 0 Å². The Bertz CT molecular complexity index is 319. The minimum Gasteiger partial charge on any atom is -0.393 e. The number of hydrogen-bond acceptors (Lipinski definition) is 2. The van der Waals surface area contributed by atoms with Crippen LogP contribution in [0.5, 0.6) is 0 Å². The molecule has 1 saturated carbocycles. The predicted octanol–water partition coefficient (Wildman–Crippen LogP) is 3.33. The summed E-state index contributed by atoms with van der Waals surface area (Å²) in [5.74, 6) is 0.741. The van der Waals surface area contributed by atoms with E-state index >= 15 is 0 Å². The number of nitrogens with zero attached hydrogens (tertiary/aromatic N) is 1. The number of rotatable bonds is 4. The van der Waals surface area contributed by atoms with E-state index in [1.807, 2.05) is 12.1 Å². The quantitative estimate of drug-likeness (QED) is 0.920. The molecule has 0 bridgehead atoms. The molecule has 16 heavy (non-hydrogen) atoms. The summed E-state index contributed by atoms with van der Waals surface area (Å²) < 4.78 is 0.988. The van der Waals surface area contributed by atoms with Crippen molar-refractivity contribution in [3.63, 3.8) is 0 Å². The highest BCUT2D eigenvalue weighted by Gasteiger charge is 2.19.